The molecule has 0 bridgehead atoms. The molecule has 0 unspecified atom stereocenters. The molecule has 1 saturated carbocycles. The first-order valence-corrected chi connectivity index (χ1v) is 10.5. The van der Waals surface area contributed by atoms with Crippen molar-refractivity contribution in [2.24, 2.45) is 16.6 Å². The number of rotatable bonds is 7. The van der Waals surface area contributed by atoms with Gasteiger partial charge in [0.05, 0.1) is 41.7 Å². The van der Waals surface area contributed by atoms with E-state index in [1.807, 2.05) is 6.92 Å². The lowest BCUT2D eigenvalue weighted by Crippen LogP contribution is -2.36. The topological polar surface area (TPSA) is 125 Å². The van der Waals surface area contributed by atoms with Gasteiger partial charge in [0.2, 0.25) is 11.8 Å². The number of terminal acetylenes is 1. The molecule has 1 aliphatic carbocycles. The van der Waals surface area contributed by atoms with Gasteiger partial charge < -0.3 is 20.5 Å². The van der Waals surface area contributed by atoms with Gasteiger partial charge in [-0.3, -0.25) is 9.79 Å². The smallest absolute Gasteiger partial charge is 0.275 e. The van der Waals surface area contributed by atoms with Crippen LogP contribution in [0, 0.1) is 18.3 Å². The highest BCUT2D eigenvalue weighted by atomic mass is 32.2. The Hall–Kier alpha value is -3.39. The van der Waals surface area contributed by atoms with Crippen molar-refractivity contribution in [1.29, 1.82) is 0 Å². The number of nitrogens with one attached hydrogen (secondary N) is 1. The van der Waals surface area contributed by atoms with Crippen LogP contribution in [0.5, 0.6) is 11.8 Å². The molecule has 3 heterocycles. The molecule has 3 N–H and O–H groups in total. The van der Waals surface area contributed by atoms with Crippen LogP contribution in [-0.4, -0.2) is 51.2 Å². The van der Waals surface area contributed by atoms with Gasteiger partial charge in [-0.1, -0.05) is 17.7 Å². The number of thioether (sulfide) groups is 1. The van der Waals surface area contributed by atoms with Crippen LogP contribution < -0.4 is 20.5 Å². The van der Waals surface area contributed by atoms with Gasteiger partial charge in [-0.15, -0.1) is 6.42 Å². The Balaban J connectivity index is 1.60. The largest absolute Gasteiger partial charge is 0.481 e. The highest BCUT2D eigenvalue weighted by Gasteiger charge is 2.67. The Morgan fingerprint density at radius 3 is 2.88 bits per heavy atom. The molecule has 3 atom stereocenters. The van der Waals surface area contributed by atoms with Crippen LogP contribution in [0.1, 0.15) is 29.4 Å². The third kappa shape index (κ3) is 3.82. The molecule has 0 aromatic carbocycles. The van der Waals surface area contributed by atoms with E-state index in [0.29, 0.717) is 28.7 Å². The average Bonchev–Trinajstić information content (AvgIpc) is 3.54. The molecule has 11 heteroatoms. The quantitative estimate of drug-likeness (QED) is 0.608. The number of ether oxygens (including phenoxy) is 2. The second kappa shape index (κ2) is 8.27. The molecule has 2 aromatic heterocycles. The lowest BCUT2D eigenvalue weighted by atomic mass is 9.86. The molecule has 1 aliphatic heterocycles. The molecule has 32 heavy (non-hydrogen) atoms. The number of fused-ring (bicyclic) bond motifs is 1. The van der Waals surface area contributed by atoms with E-state index >= 15 is 0 Å². The van der Waals surface area contributed by atoms with Gasteiger partial charge in [0.15, 0.2) is 11.8 Å². The Kier molecular flexibility index (Phi) is 5.64. The standard InChI is InChI=1S/C21H21FN6O3S/c1-4-5-31-16-10-24-14(9-25-16)17(29)27-12-6-13(18(30-3)26-8-12)20(2)15-7-21(15,11-22)32-19(23)28-20/h1,6,8-10,15H,5,7,11H2,2-3H3,(H2,23,28)(H,27,29)/t15-,20-,21+/m0/s1. The zero-order chi connectivity index (χ0) is 22.9. The number of carbonyl (C=O) groups is 1. The molecule has 0 radical (unpaired) electrons. The van der Waals surface area contributed by atoms with Crippen LogP contribution in [0.3, 0.4) is 0 Å². The van der Waals surface area contributed by atoms with Crippen LogP contribution in [0.15, 0.2) is 29.6 Å². The van der Waals surface area contributed by atoms with Gasteiger partial charge in [-0.25, -0.2) is 19.3 Å². The van der Waals surface area contributed by atoms with Gasteiger partial charge in [-0.2, -0.15) is 0 Å². The summed E-state index contributed by atoms with van der Waals surface area (Å²) in [5.41, 5.74) is 6.30. The van der Waals surface area contributed by atoms with E-state index in [9.17, 15) is 9.18 Å². The molecular formula is C21H21FN6O3S. The summed E-state index contributed by atoms with van der Waals surface area (Å²) in [7, 11) is 1.49. The van der Waals surface area contributed by atoms with Crippen LogP contribution >= 0.6 is 11.8 Å². The number of methoxy groups -OCH3 is 1. The monoisotopic (exact) mass is 456 g/mol. The van der Waals surface area contributed by atoms with Crippen molar-refractivity contribution >= 4 is 28.5 Å². The fourth-order valence-corrected chi connectivity index (χ4v) is 5.26. The Bertz CT molecular complexity index is 1120. The Morgan fingerprint density at radius 1 is 1.41 bits per heavy atom. The number of halogens is 1. The fourth-order valence-electron chi connectivity index (χ4n) is 3.94. The predicted octanol–water partition coefficient (Wildman–Crippen LogP) is 2.15. The normalized spacial score (nSPS) is 25.7. The van der Waals surface area contributed by atoms with Crippen molar-refractivity contribution in [3.63, 3.8) is 0 Å². The summed E-state index contributed by atoms with van der Waals surface area (Å²) in [5, 5.41) is 3.06. The molecule has 0 spiro atoms. The van der Waals surface area contributed by atoms with E-state index in [2.05, 4.69) is 31.2 Å². The molecule has 2 aromatic rings. The van der Waals surface area contributed by atoms with Crippen molar-refractivity contribution in [2.45, 2.75) is 23.6 Å². The van der Waals surface area contributed by atoms with Crippen molar-refractivity contribution < 1.29 is 18.7 Å². The van der Waals surface area contributed by atoms with Crippen LogP contribution in [-0.2, 0) is 5.54 Å². The van der Waals surface area contributed by atoms with Crippen LogP contribution in [0.4, 0.5) is 10.1 Å². The van der Waals surface area contributed by atoms with E-state index in [0.717, 1.165) is 0 Å². The number of alkyl halides is 1. The minimum Gasteiger partial charge on any atom is -0.481 e. The van der Waals surface area contributed by atoms with Crippen molar-refractivity contribution in [3.8, 4) is 24.1 Å². The molecule has 4 rings (SSSR count). The lowest BCUT2D eigenvalue weighted by molar-refractivity contribution is 0.102. The number of nitrogens with two attached hydrogens (primary N) is 1. The molecule has 2 aliphatic rings. The van der Waals surface area contributed by atoms with Gasteiger partial charge in [0.25, 0.3) is 5.91 Å². The highest BCUT2D eigenvalue weighted by Crippen LogP contribution is 2.66. The summed E-state index contributed by atoms with van der Waals surface area (Å²) in [5.74, 6) is 2.31. The van der Waals surface area contributed by atoms with Crippen molar-refractivity contribution in [2.75, 3.05) is 25.7 Å². The molecule has 1 amide bonds. The number of nitrogens with zero attached hydrogens (tertiary/aromatic N) is 4. The van der Waals surface area contributed by atoms with E-state index in [4.69, 9.17) is 21.6 Å². The van der Waals surface area contributed by atoms with Crippen LogP contribution in [0.2, 0.25) is 0 Å². The second-order valence-electron chi connectivity index (χ2n) is 7.62. The summed E-state index contributed by atoms with van der Waals surface area (Å²) in [6.45, 7) is 1.43. The first kappa shape index (κ1) is 21.8. The van der Waals surface area contributed by atoms with E-state index in [-0.39, 0.29) is 24.1 Å². The highest BCUT2D eigenvalue weighted by molar-refractivity contribution is 8.15. The maximum atomic E-state index is 13.8. The lowest BCUT2D eigenvalue weighted by Gasteiger charge is -2.33. The van der Waals surface area contributed by atoms with Gasteiger partial charge in [-0.05, 0) is 19.4 Å². The predicted molar refractivity (Wildman–Crippen MR) is 118 cm³/mol. The maximum absolute atomic E-state index is 13.8. The van der Waals surface area contributed by atoms with E-state index in [1.54, 1.807) is 6.07 Å². The van der Waals surface area contributed by atoms with Crippen molar-refractivity contribution in [3.05, 3.63) is 35.9 Å². The van der Waals surface area contributed by atoms with Gasteiger partial charge in [0.1, 0.15) is 12.4 Å². The SMILES string of the molecule is C#CCOc1cnc(C(=O)Nc2cnc(OC)c([C@]3(C)N=C(N)S[C@@]4(CF)C[C@H]43)c2)cn1. The first-order valence-electron chi connectivity index (χ1n) is 9.69. The zero-order valence-electron chi connectivity index (χ0n) is 17.5. The number of amidine groups is 1. The number of hydrogen-bond acceptors (Lipinski definition) is 9. The zero-order valence-corrected chi connectivity index (χ0v) is 18.3. The van der Waals surface area contributed by atoms with Gasteiger partial charge in [0, 0.05) is 11.5 Å². The fraction of sp³-hybridized carbons (Fsp3) is 0.381. The summed E-state index contributed by atoms with van der Waals surface area (Å²) < 4.78 is 23.8. The number of amides is 1. The van der Waals surface area contributed by atoms with Crippen molar-refractivity contribution in [1.82, 2.24) is 15.0 Å². The summed E-state index contributed by atoms with van der Waals surface area (Å²) in [6.07, 6.45) is 9.82. The number of aliphatic imine (C=N–C) groups is 1. The minimum absolute atomic E-state index is 0.0511. The number of hydrogen-bond donors (Lipinski definition) is 2. The molecule has 1 fully saturated rings. The molecule has 166 valence electrons. The third-order valence-corrected chi connectivity index (χ3v) is 6.86. The number of pyridine rings is 1. The molecule has 9 nitrogen and oxygen atoms in total. The van der Waals surface area contributed by atoms with Gasteiger partial charge >= 0.3 is 0 Å². The van der Waals surface area contributed by atoms with Crippen LogP contribution in [0.25, 0.3) is 0 Å². The first-order chi connectivity index (χ1) is 15.3. The summed E-state index contributed by atoms with van der Waals surface area (Å²) in [4.78, 5) is 29.6. The third-order valence-electron chi connectivity index (χ3n) is 5.59. The minimum atomic E-state index is -0.837. The number of aromatic nitrogens is 3. The number of carbonyl (C=O) groups excluding carboxylic acids is 1. The summed E-state index contributed by atoms with van der Waals surface area (Å²) in [6, 6.07) is 1.72. The van der Waals surface area contributed by atoms with E-state index < -0.39 is 22.9 Å². The summed E-state index contributed by atoms with van der Waals surface area (Å²) >= 11 is 1.28. The molecule has 0 saturated heterocycles. The Labute approximate surface area is 188 Å². The maximum Gasteiger partial charge on any atom is 0.275 e. The molecular weight excluding hydrogens is 435 g/mol. The average molecular weight is 457 g/mol. The van der Waals surface area contributed by atoms with E-state index in [1.165, 1.54) is 37.5 Å². The second-order valence-corrected chi connectivity index (χ2v) is 9.06. The number of anilines is 1. The Morgan fingerprint density at radius 2 is 2.22 bits per heavy atom.